The highest BCUT2D eigenvalue weighted by molar-refractivity contribution is 7.80. The molecule has 0 aromatic heterocycles. The van der Waals surface area contributed by atoms with E-state index in [1.807, 2.05) is 6.92 Å². The lowest BCUT2D eigenvalue weighted by Gasteiger charge is -2.37. The van der Waals surface area contributed by atoms with Crippen molar-refractivity contribution in [1.82, 2.24) is 69.1 Å². The average molecular weight is 1270 g/mol. The Morgan fingerprint density at radius 1 is 0.494 bits per heavy atom. The van der Waals surface area contributed by atoms with Gasteiger partial charge in [-0.2, -0.15) is 12.6 Å². The summed E-state index contributed by atoms with van der Waals surface area (Å²) >= 11 is 4.03. The van der Waals surface area contributed by atoms with Crippen LogP contribution >= 0.6 is 12.6 Å². The van der Waals surface area contributed by atoms with E-state index in [0.717, 1.165) is 0 Å². The first-order valence-corrected chi connectivity index (χ1v) is 31.7. The summed E-state index contributed by atoms with van der Waals surface area (Å²) in [5.41, 5.74) is 16.5. The number of nitrogens with one attached hydrogen (secondary N) is 13. The molecule has 89 heavy (non-hydrogen) atoms. The zero-order valence-corrected chi connectivity index (χ0v) is 52.7. The molecule has 10 amide bonds. The van der Waals surface area contributed by atoms with Crippen LogP contribution < -0.4 is 86.3 Å². The van der Waals surface area contributed by atoms with Gasteiger partial charge in [-0.15, -0.1) is 0 Å². The van der Waals surface area contributed by atoms with E-state index in [1.54, 1.807) is 31.2 Å². The number of hydrogen-bond acceptors (Lipinski definition) is 19. The van der Waals surface area contributed by atoms with Crippen LogP contribution in [0, 0.1) is 0 Å². The molecule has 0 unspecified atom stereocenters. The molecule has 2 aromatic carbocycles. The Hall–Kier alpha value is -7.15. The Bertz CT molecular complexity index is 2520. The summed E-state index contributed by atoms with van der Waals surface area (Å²) in [6.45, 7) is 8.04. The van der Waals surface area contributed by atoms with E-state index < -0.39 is 70.8 Å². The molecule has 29 heteroatoms. The number of carbonyl (C=O) groups excluding carboxylic acids is 10. The molecule has 0 aliphatic carbocycles. The van der Waals surface area contributed by atoms with Gasteiger partial charge in [0, 0.05) is 129 Å². The lowest BCUT2D eigenvalue weighted by molar-refractivity contribution is -0.129. The molecule has 1 saturated heterocycles. The van der Waals surface area contributed by atoms with E-state index in [1.165, 1.54) is 24.3 Å². The number of nitrogens with two attached hydrogens (primary N) is 3. The van der Waals surface area contributed by atoms with Gasteiger partial charge in [-0.3, -0.25) is 53.3 Å². The van der Waals surface area contributed by atoms with Gasteiger partial charge >= 0.3 is 0 Å². The molecular formula is C60H100N16O12S. The van der Waals surface area contributed by atoms with Crippen molar-refractivity contribution in [3.63, 3.8) is 0 Å². The van der Waals surface area contributed by atoms with Crippen molar-refractivity contribution in [3.05, 3.63) is 59.7 Å². The van der Waals surface area contributed by atoms with Crippen molar-refractivity contribution < 1.29 is 58.2 Å². The van der Waals surface area contributed by atoms with Crippen molar-refractivity contribution in [2.24, 2.45) is 17.2 Å². The predicted molar refractivity (Wildman–Crippen MR) is 340 cm³/mol. The fourth-order valence-corrected chi connectivity index (χ4v) is 10.0. The highest BCUT2D eigenvalue weighted by Crippen LogP contribution is 2.15. The molecule has 1 aliphatic rings. The maximum atomic E-state index is 13.6. The van der Waals surface area contributed by atoms with Gasteiger partial charge in [-0.1, -0.05) is 51.0 Å². The lowest BCUT2D eigenvalue weighted by Crippen LogP contribution is -2.69. The first-order valence-electron chi connectivity index (χ1n) is 31.0. The molecular weight excluding hydrogens is 1170 g/mol. The van der Waals surface area contributed by atoms with E-state index in [-0.39, 0.29) is 118 Å². The molecule has 3 rings (SSSR count). The fraction of sp³-hybridized carbons (Fsp3) is 0.633. The van der Waals surface area contributed by atoms with Crippen LogP contribution in [0.1, 0.15) is 121 Å². The zero-order chi connectivity index (χ0) is 65.5. The third kappa shape index (κ3) is 31.7. The van der Waals surface area contributed by atoms with Crippen LogP contribution in [0.25, 0.3) is 0 Å². The minimum atomic E-state index is -0.952. The number of primary amides is 2. The smallest absolute Gasteiger partial charge is 0.242 e. The molecule has 1 aliphatic heterocycles. The largest absolute Gasteiger partial charge is 0.508 e. The Balaban J connectivity index is 1.48. The standard InChI is InChI=1S/C60H100N16O12S/c1-3-45(55(62)85)71-49(79)13-7-5-9-27-68-58(88)47(34-42-21-25-44(78)26-22-42)73-52(82)16-12-18-54(84)76-60(70-4-2)39-66-31-29-64-37-59(36-61,38-65-30-32-67-40-60)75-53(83)17-11-15-51(81)72-46(33-41-19-23-43(77)24-20-41)57(87)69-28-10-6-8-14-50(80)74-48(35-89)56(63)86/h19-26,45-48,64-67,70,77-78,89H,3-18,27-40,61H2,1-2H3,(H2,62,85)(H2,63,86)(H,68,88)(H,69,87)(H,71,79)(H,72,81)(H,73,82)(H,74,80)(H,75,83)(H,76,84)/t45-,46-,47-,48-,59-,60+/m0/s1. The number of thiol groups is 1. The SMILES string of the molecule is CCN[C@]1(NC(=O)CCCC(=O)N[C@@H](Cc2ccc(O)cc2)C(=O)NCCCCCC(=O)N[C@@H](CC)C(N)=O)CNCCNC[C@@](CN)(NC(=O)CCCC(=O)N[C@@H](Cc2ccc(O)cc2)C(=O)NCCCCCC(=O)N[C@@H](CS)C(N)=O)CNCCNC1. The molecule has 1 fully saturated rings. The van der Waals surface area contributed by atoms with Gasteiger partial charge in [-0.25, -0.2) is 0 Å². The van der Waals surface area contributed by atoms with Crippen LogP contribution in [0.3, 0.4) is 0 Å². The van der Waals surface area contributed by atoms with Gasteiger partial charge in [0.2, 0.25) is 59.1 Å². The molecule has 0 saturated carbocycles. The first-order chi connectivity index (χ1) is 42.6. The minimum absolute atomic E-state index is 0.00612. The number of benzene rings is 2. The molecule has 0 bridgehead atoms. The van der Waals surface area contributed by atoms with Gasteiger partial charge in [0.05, 0.1) is 5.54 Å². The Morgan fingerprint density at radius 2 is 0.865 bits per heavy atom. The van der Waals surface area contributed by atoms with Gasteiger partial charge in [-0.05, 0) is 86.9 Å². The average Bonchev–Trinajstić information content (AvgIpc) is 3.11. The number of amides is 10. The van der Waals surface area contributed by atoms with E-state index in [9.17, 15) is 58.2 Å². The number of unbranched alkanes of at least 4 members (excludes halogenated alkanes) is 4. The quantitative estimate of drug-likeness (QED) is 0.0186. The summed E-state index contributed by atoms with van der Waals surface area (Å²) in [5, 5.41) is 59.4. The zero-order valence-electron chi connectivity index (χ0n) is 51.8. The summed E-state index contributed by atoms with van der Waals surface area (Å²) in [6.07, 6.45) is 4.79. The number of carbonyl (C=O) groups is 10. The Kier molecular flexibility index (Phi) is 36.5. The number of phenols is 2. The predicted octanol–water partition coefficient (Wildman–Crippen LogP) is -2.57. The van der Waals surface area contributed by atoms with Crippen LogP contribution in [-0.4, -0.2) is 189 Å². The minimum Gasteiger partial charge on any atom is -0.508 e. The van der Waals surface area contributed by atoms with E-state index >= 15 is 0 Å². The molecule has 0 spiro atoms. The van der Waals surface area contributed by atoms with E-state index in [2.05, 4.69) is 81.7 Å². The molecule has 1 heterocycles. The van der Waals surface area contributed by atoms with Crippen LogP contribution in [0.15, 0.2) is 48.5 Å². The van der Waals surface area contributed by atoms with Crippen molar-refractivity contribution in [2.75, 3.05) is 84.3 Å². The summed E-state index contributed by atoms with van der Waals surface area (Å²) in [6, 6.07) is 9.14. The highest BCUT2D eigenvalue weighted by atomic mass is 32.1. The van der Waals surface area contributed by atoms with Crippen LogP contribution in [0.4, 0.5) is 0 Å². The van der Waals surface area contributed by atoms with Crippen LogP contribution in [-0.2, 0) is 60.8 Å². The topological polar surface area (TPSA) is 446 Å². The number of phenolic OH excluding ortho intramolecular Hbond substituents is 2. The summed E-state index contributed by atoms with van der Waals surface area (Å²) < 4.78 is 0. The van der Waals surface area contributed by atoms with Crippen molar-refractivity contribution in [1.29, 1.82) is 0 Å². The van der Waals surface area contributed by atoms with E-state index in [4.69, 9.17) is 17.2 Å². The second kappa shape index (κ2) is 42.7. The maximum Gasteiger partial charge on any atom is 0.242 e. The van der Waals surface area contributed by atoms with Crippen LogP contribution in [0.2, 0.25) is 0 Å². The van der Waals surface area contributed by atoms with Gasteiger partial charge in [0.25, 0.3) is 0 Å². The molecule has 28 nitrogen and oxygen atoms in total. The normalized spacial score (nSPS) is 17.8. The van der Waals surface area contributed by atoms with Crippen LogP contribution in [0.5, 0.6) is 11.5 Å². The molecule has 21 N–H and O–H groups in total. The lowest BCUT2D eigenvalue weighted by atomic mass is 9.98. The first kappa shape index (κ1) is 76.1. The summed E-state index contributed by atoms with van der Waals surface area (Å²) in [4.78, 5) is 128. The monoisotopic (exact) mass is 1270 g/mol. The summed E-state index contributed by atoms with van der Waals surface area (Å²) in [5.74, 6) is -3.94. The van der Waals surface area contributed by atoms with Gasteiger partial charge < -0.3 is 91.2 Å². The highest BCUT2D eigenvalue weighted by Gasteiger charge is 2.33. The van der Waals surface area contributed by atoms with Gasteiger partial charge in [0.15, 0.2) is 0 Å². The number of aromatic hydroxyl groups is 2. The second-order valence-corrected chi connectivity index (χ2v) is 22.8. The van der Waals surface area contributed by atoms with Crippen molar-refractivity contribution >= 4 is 71.7 Å². The molecule has 2 aromatic rings. The van der Waals surface area contributed by atoms with Crippen molar-refractivity contribution in [3.8, 4) is 11.5 Å². The summed E-state index contributed by atoms with van der Waals surface area (Å²) in [7, 11) is 0. The Labute approximate surface area is 528 Å². The molecule has 0 radical (unpaired) electrons. The Morgan fingerprint density at radius 3 is 1.25 bits per heavy atom. The van der Waals surface area contributed by atoms with Crippen molar-refractivity contribution in [2.45, 2.75) is 158 Å². The fourth-order valence-electron chi connectivity index (χ4n) is 9.77. The molecule has 4 atom stereocenters. The second-order valence-electron chi connectivity index (χ2n) is 22.4. The van der Waals surface area contributed by atoms with Gasteiger partial charge in [0.1, 0.15) is 41.3 Å². The van der Waals surface area contributed by atoms with E-state index in [0.29, 0.717) is 122 Å². The number of likely N-dealkylation sites (N-methyl/N-ethyl adjacent to an activating group) is 1. The molecule has 498 valence electrons. The number of hydrogen-bond donors (Lipinski definition) is 19. The number of rotatable bonds is 39. The third-order valence-electron chi connectivity index (χ3n) is 14.8. The maximum absolute atomic E-state index is 13.6. The third-order valence-corrected chi connectivity index (χ3v) is 15.2.